The highest BCUT2D eigenvalue weighted by atomic mass is 35.5. The van der Waals surface area contributed by atoms with Gasteiger partial charge in [0.25, 0.3) is 0 Å². The lowest BCUT2D eigenvalue weighted by molar-refractivity contribution is -0.135. The number of halogens is 2. The average molecular weight is 398 g/mol. The Kier molecular flexibility index (Phi) is 5.84. The lowest BCUT2D eigenvalue weighted by atomic mass is 10.2. The molecule has 2 aliphatic rings. The van der Waals surface area contributed by atoms with Crippen molar-refractivity contribution in [1.29, 1.82) is 0 Å². The van der Waals surface area contributed by atoms with Crippen molar-refractivity contribution in [3.8, 4) is 0 Å². The topological polar surface area (TPSA) is 79.0 Å². The summed E-state index contributed by atoms with van der Waals surface area (Å²) in [4.78, 5) is 39.8. The molecule has 1 N–H and O–H groups in total. The molecule has 0 aromatic heterocycles. The van der Waals surface area contributed by atoms with Crippen molar-refractivity contribution < 1.29 is 23.5 Å². The summed E-state index contributed by atoms with van der Waals surface area (Å²) >= 11 is 5.70. The van der Waals surface area contributed by atoms with Crippen molar-refractivity contribution in [2.24, 2.45) is 11.8 Å². The highest BCUT2D eigenvalue weighted by Gasteiger charge is 2.49. The first-order chi connectivity index (χ1) is 12.9. The largest absolute Gasteiger partial charge is 0.450 e. The summed E-state index contributed by atoms with van der Waals surface area (Å²) in [5.41, 5.74) is 0.396. The van der Waals surface area contributed by atoms with Gasteiger partial charge in [-0.2, -0.15) is 0 Å². The summed E-state index contributed by atoms with van der Waals surface area (Å²) in [5, 5.41) is 2.59. The number of nitrogens with one attached hydrogen (secondary N) is 1. The Hall–Kier alpha value is -2.35. The van der Waals surface area contributed by atoms with E-state index in [0.717, 1.165) is 0 Å². The van der Waals surface area contributed by atoms with E-state index >= 15 is 0 Å². The molecule has 1 aliphatic heterocycles. The number of hydrogen-bond donors (Lipinski definition) is 1. The van der Waals surface area contributed by atoms with Crippen molar-refractivity contribution >= 4 is 35.2 Å². The van der Waals surface area contributed by atoms with Gasteiger partial charge in [-0.25, -0.2) is 9.18 Å². The maximum absolute atomic E-state index is 13.2. The Balaban J connectivity index is 1.48. The molecule has 1 saturated carbocycles. The minimum absolute atomic E-state index is 0.0733. The third kappa shape index (κ3) is 4.50. The number of benzene rings is 1. The Morgan fingerprint density at radius 2 is 1.85 bits per heavy atom. The fourth-order valence-electron chi connectivity index (χ4n) is 3.13. The van der Waals surface area contributed by atoms with Crippen LogP contribution in [-0.2, 0) is 14.3 Å². The molecule has 1 heterocycles. The van der Waals surface area contributed by atoms with E-state index in [4.69, 9.17) is 16.3 Å². The lowest BCUT2D eigenvalue weighted by Crippen LogP contribution is -2.51. The normalized spacial score (nSPS) is 21.6. The quantitative estimate of drug-likeness (QED) is 0.845. The number of hydrogen-bond acceptors (Lipinski definition) is 4. The Morgan fingerprint density at radius 3 is 2.48 bits per heavy atom. The van der Waals surface area contributed by atoms with Crippen LogP contribution in [0.1, 0.15) is 13.3 Å². The SMILES string of the molecule is CCOC(=O)N1CCN(C(=O)C2CC2C(=O)Nc2ccc(F)c(Cl)c2)CC1. The molecule has 1 saturated heterocycles. The predicted octanol–water partition coefficient (Wildman–Crippen LogP) is 2.35. The van der Waals surface area contributed by atoms with E-state index in [0.29, 0.717) is 44.9 Å². The van der Waals surface area contributed by atoms with Crippen molar-refractivity contribution in [1.82, 2.24) is 9.80 Å². The molecule has 146 valence electrons. The van der Waals surface area contributed by atoms with E-state index in [1.807, 2.05) is 0 Å². The number of rotatable bonds is 4. The van der Waals surface area contributed by atoms with E-state index in [9.17, 15) is 18.8 Å². The van der Waals surface area contributed by atoms with Crippen LogP contribution in [-0.4, -0.2) is 60.5 Å². The van der Waals surface area contributed by atoms with Crippen LogP contribution in [0.25, 0.3) is 0 Å². The Labute approximate surface area is 161 Å². The van der Waals surface area contributed by atoms with Gasteiger partial charge in [0, 0.05) is 31.9 Å². The summed E-state index contributed by atoms with van der Waals surface area (Å²) in [6, 6.07) is 3.94. The molecule has 2 atom stereocenters. The predicted molar refractivity (Wildman–Crippen MR) is 96.8 cm³/mol. The first-order valence-corrected chi connectivity index (χ1v) is 9.25. The fourth-order valence-corrected chi connectivity index (χ4v) is 3.31. The molecule has 3 amide bonds. The van der Waals surface area contributed by atoms with E-state index in [1.165, 1.54) is 18.2 Å². The number of amides is 3. The van der Waals surface area contributed by atoms with Gasteiger partial charge < -0.3 is 19.9 Å². The number of piperazine rings is 1. The minimum Gasteiger partial charge on any atom is -0.450 e. The summed E-state index contributed by atoms with van der Waals surface area (Å²) in [5.74, 6) is -1.66. The second-order valence-electron chi connectivity index (χ2n) is 6.58. The summed E-state index contributed by atoms with van der Waals surface area (Å²) in [6.45, 7) is 3.75. The number of anilines is 1. The van der Waals surface area contributed by atoms with Crippen LogP contribution in [0.2, 0.25) is 5.02 Å². The van der Waals surface area contributed by atoms with Crippen LogP contribution in [0, 0.1) is 17.7 Å². The van der Waals surface area contributed by atoms with Gasteiger partial charge in [-0.05, 0) is 31.5 Å². The lowest BCUT2D eigenvalue weighted by Gasteiger charge is -2.34. The van der Waals surface area contributed by atoms with Crippen molar-refractivity contribution in [3.05, 3.63) is 29.0 Å². The minimum atomic E-state index is -0.559. The van der Waals surface area contributed by atoms with Gasteiger partial charge in [-0.3, -0.25) is 9.59 Å². The van der Waals surface area contributed by atoms with Crippen LogP contribution >= 0.6 is 11.6 Å². The smallest absolute Gasteiger partial charge is 0.409 e. The zero-order valence-electron chi connectivity index (χ0n) is 14.9. The maximum Gasteiger partial charge on any atom is 0.409 e. The van der Waals surface area contributed by atoms with E-state index in [1.54, 1.807) is 16.7 Å². The van der Waals surface area contributed by atoms with Gasteiger partial charge in [0.15, 0.2) is 0 Å². The molecular formula is C18H21ClFN3O4. The van der Waals surface area contributed by atoms with Gasteiger partial charge in [0.2, 0.25) is 11.8 Å². The Bertz CT molecular complexity index is 752. The molecule has 0 spiro atoms. The molecule has 2 unspecified atom stereocenters. The summed E-state index contributed by atoms with van der Waals surface area (Å²) in [7, 11) is 0. The van der Waals surface area contributed by atoms with Gasteiger partial charge in [0.1, 0.15) is 5.82 Å². The molecule has 0 radical (unpaired) electrons. The van der Waals surface area contributed by atoms with Crippen molar-refractivity contribution in [3.63, 3.8) is 0 Å². The fraction of sp³-hybridized carbons (Fsp3) is 0.500. The molecule has 1 aromatic carbocycles. The van der Waals surface area contributed by atoms with Crippen LogP contribution in [0.3, 0.4) is 0 Å². The third-order valence-electron chi connectivity index (χ3n) is 4.75. The summed E-state index contributed by atoms with van der Waals surface area (Å²) in [6.07, 6.45) is 0.115. The molecular weight excluding hydrogens is 377 g/mol. The molecule has 9 heteroatoms. The number of ether oxygens (including phenoxy) is 1. The third-order valence-corrected chi connectivity index (χ3v) is 5.04. The Morgan fingerprint density at radius 1 is 1.19 bits per heavy atom. The first kappa shape index (κ1) is 19.4. The molecule has 1 aromatic rings. The molecule has 7 nitrogen and oxygen atoms in total. The average Bonchev–Trinajstić information content (AvgIpc) is 3.45. The molecule has 0 bridgehead atoms. The second-order valence-corrected chi connectivity index (χ2v) is 6.99. The number of carbonyl (C=O) groups is 3. The highest BCUT2D eigenvalue weighted by molar-refractivity contribution is 6.31. The van der Waals surface area contributed by atoms with Crippen molar-refractivity contribution in [2.45, 2.75) is 13.3 Å². The zero-order chi connectivity index (χ0) is 19.6. The standard InChI is InChI=1S/C18H21ClFN3O4/c1-2-27-18(26)23-7-5-22(6-8-23)17(25)13-10-12(13)16(24)21-11-3-4-15(20)14(19)9-11/h3-4,9,12-13H,2,5-8,10H2,1H3,(H,21,24). The summed E-state index contributed by atoms with van der Waals surface area (Å²) < 4.78 is 18.1. The van der Waals surface area contributed by atoms with Gasteiger partial charge in [0.05, 0.1) is 23.5 Å². The second kappa shape index (κ2) is 8.12. The molecule has 1 aliphatic carbocycles. The van der Waals surface area contributed by atoms with E-state index < -0.39 is 11.7 Å². The van der Waals surface area contributed by atoms with Crippen LogP contribution in [0.5, 0.6) is 0 Å². The van der Waals surface area contributed by atoms with Crippen LogP contribution in [0.15, 0.2) is 18.2 Å². The van der Waals surface area contributed by atoms with Gasteiger partial charge in [-0.1, -0.05) is 11.6 Å². The zero-order valence-corrected chi connectivity index (χ0v) is 15.7. The van der Waals surface area contributed by atoms with Crippen LogP contribution in [0.4, 0.5) is 14.9 Å². The number of nitrogens with zero attached hydrogens (tertiary/aromatic N) is 2. The maximum atomic E-state index is 13.2. The van der Waals surface area contributed by atoms with E-state index in [2.05, 4.69) is 5.32 Å². The van der Waals surface area contributed by atoms with Gasteiger partial charge >= 0.3 is 6.09 Å². The molecule has 27 heavy (non-hydrogen) atoms. The van der Waals surface area contributed by atoms with Gasteiger partial charge in [-0.15, -0.1) is 0 Å². The van der Waals surface area contributed by atoms with E-state index in [-0.39, 0.29) is 28.8 Å². The van der Waals surface area contributed by atoms with Crippen molar-refractivity contribution in [2.75, 3.05) is 38.1 Å². The first-order valence-electron chi connectivity index (χ1n) is 8.87. The molecule has 3 rings (SSSR count). The highest BCUT2D eigenvalue weighted by Crippen LogP contribution is 2.41. The molecule has 2 fully saturated rings. The number of carbonyl (C=O) groups excluding carboxylic acids is 3. The van der Waals surface area contributed by atoms with Crippen LogP contribution < -0.4 is 5.32 Å². The monoisotopic (exact) mass is 397 g/mol.